The van der Waals surface area contributed by atoms with Crippen molar-refractivity contribution in [3.8, 4) is 5.75 Å². The van der Waals surface area contributed by atoms with E-state index in [9.17, 15) is 9.59 Å². The highest BCUT2D eigenvalue weighted by molar-refractivity contribution is 5.96. The van der Waals surface area contributed by atoms with E-state index in [0.29, 0.717) is 18.8 Å². The van der Waals surface area contributed by atoms with Crippen molar-refractivity contribution in [2.75, 3.05) is 6.61 Å². The van der Waals surface area contributed by atoms with Crippen LogP contribution < -0.4 is 4.74 Å². The van der Waals surface area contributed by atoms with Crippen LogP contribution in [-0.2, 0) is 31.1 Å². The molecule has 0 unspecified atom stereocenters. The van der Waals surface area contributed by atoms with Crippen LogP contribution in [0.15, 0.2) is 54.6 Å². The Balaban J connectivity index is 1.75. The maximum atomic E-state index is 12.7. The second-order valence-electron chi connectivity index (χ2n) is 8.28. The zero-order valence-electron chi connectivity index (χ0n) is 17.4. The molecule has 0 N–H and O–H groups in total. The Bertz CT molecular complexity index is 851. The maximum absolute atomic E-state index is 12.7. The van der Waals surface area contributed by atoms with Crippen molar-refractivity contribution < 1.29 is 23.8 Å². The van der Waals surface area contributed by atoms with Gasteiger partial charge >= 0.3 is 11.9 Å². The average molecular weight is 396 g/mol. The molecule has 5 heteroatoms. The van der Waals surface area contributed by atoms with Crippen LogP contribution in [0.1, 0.15) is 45.2 Å². The summed E-state index contributed by atoms with van der Waals surface area (Å²) in [5.41, 5.74) is 0.247. The van der Waals surface area contributed by atoms with Crippen molar-refractivity contribution in [2.24, 2.45) is 5.92 Å². The quantitative estimate of drug-likeness (QED) is 0.648. The molecular weight excluding hydrogens is 368 g/mol. The monoisotopic (exact) mass is 396 g/mol. The summed E-state index contributed by atoms with van der Waals surface area (Å²) in [5.74, 6) is -0.577. The first-order valence-electron chi connectivity index (χ1n) is 9.93. The van der Waals surface area contributed by atoms with Gasteiger partial charge in [0.2, 0.25) is 0 Å². The highest BCUT2D eigenvalue weighted by Crippen LogP contribution is 2.56. The normalized spacial score (nSPS) is 20.6. The molecule has 0 spiro atoms. The fraction of sp³-hybridized carbons (Fsp3) is 0.417. The number of rotatable bonds is 7. The van der Waals surface area contributed by atoms with Gasteiger partial charge in [0.25, 0.3) is 0 Å². The molecule has 0 bridgehead atoms. The standard InChI is InChI=1S/C24H28O5/c1-5-27-22(26)24(15-20(24)21(25)29-23(2,3)4)18-11-13-19(14-12-18)28-16-17-9-7-6-8-10-17/h6-14,20H,5,15-16H2,1-4H3/t20-,24-/m0/s1. The Morgan fingerprint density at radius 3 is 2.28 bits per heavy atom. The van der Waals surface area contributed by atoms with Crippen LogP contribution in [0.25, 0.3) is 0 Å². The average Bonchev–Trinajstić information content (AvgIpc) is 3.44. The number of esters is 2. The molecule has 29 heavy (non-hydrogen) atoms. The van der Waals surface area contributed by atoms with Gasteiger partial charge in [-0.2, -0.15) is 0 Å². The molecule has 0 radical (unpaired) electrons. The van der Waals surface area contributed by atoms with Gasteiger partial charge in [0.1, 0.15) is 23.4 Å². The van der Waals surface area contributed by atoms with E-state index in [0.717, 1.165) is 11.1 Å². The Morgan fingerprint density at radius 2 is 1.69 bits per heavy atom. The molecule has 5 nitrogen and oxygen atoms in total. The van der Waals surface area contributed by atoms with Gasteiger partial charge in [-0.15, -0.1) is 0 Å². The Morgan fingerprint density at radius 1 is 1.03 bits per heavy atom. The number of carbonyl (C=O) groups excluding carboxylic acids is 2. The van der Waals surface area contributed by atoms with E-state index < -0.39 is 16.9 Å². The Kier molecular flexibility index (Phi) is 5.96. The van der Waals surface area contributed by atoms with Gasteiger partial charge in [0.05, 0.1) is 12.5 Å². The van der Waals surface area contributed by atoms with E-state index in [1.807, 2.05) is 75.4 Å². The number of hydrogen-bond donors (Lipinski definition) is 0. The lowest BCUT2D eigenvalue weighted by atomic mass is 9.93. The van der Waals surface area contributed by atoms with Crippen molar-refractivity contribution >= 4 is 11.9 Å². The van der Waals surface area contributed by atoms with Gasteiger partial charge in [0, 0.05) is 0 Å². The lowest BCUT2D eigenvalue weighted by Gasteiger charge is -2.21. The molecule has 0 amide bonds. The summed E-state index contributed by atoms with van der Waals surface area (Å²) in [6.07, 6.45) is 0.394. The topological polar surface area (TPSA) is 61.8 Å². The first-order chi connectivity index (χ1) is 13.8. The predicted octanol–water partition coefficient (Wildman–Crippen LogP) is 4.43. The minimum Gasteiger partial charge on any atom is -0.489 e. The summed E-state index contributed by atoms with van der Waals surface area (Å²) in [6.45, 7) is 7.94. The van der Waals surface area contributed by atoms with Crippen molar-refractivity contribution in [1.29, 1.82) is 0 Å². The van der Waals surface area contributed by atoms with Crippen LogP contribution in [0, 0.1) is 5.92 Å². The van der Waals surface area contributed by atoms with Crippen molar-refractivity contribution in [1.82, 2.24) is 0 Å². The molecule has 0 aromatic heterocycles. The summed E-state index contributed by atoms with van der Waals surface area (Å²) in [7, 11) is 0. The zero-order valence-corrected chi connectivity index (χ0v) is 17.4. The van der Waals surface area contributed by atoms with Crippen LogP contribution in [0.4, 0.5) is 0 Å². The minimum absolute atomic E-state index is 0.264. The molecule has 0 saturated heterocycles. The second-order valence-corrected chi connectivity index (χ2v) is 8.28. The van der Waals surface area contributed by atoms with Crippen LogP contribution in [0.2, 0.25) is 0 Å². The SMILES string of the molecule is CCOC(=O)[C@]1(c2ccc(OCc3ccccc3)cc2)C[C@H]1C(=O)OC(C)(C)C. The molecule has 0 heterocycles. The molecule has 3 rings (SSSR count). The largest absolute Gasteiger partial charge is 0.489 e. The summed E-state index contributed by atoms with van der Waals surface area (Å²) < 4.78 is 16.6. The minimum atomic E-state index is -0.976. The van der Waals surface area contributed by atoms with E-state index in [2.05, 4.69) is 0 Å². The summed E-state index contributed by atoms with van der Waals surface area (Å²) in [6, 6.07) is 17.2. The van der Waals surface area contributed by atoms with Crippen molar-refractivity contribution in [3.05, 3.63) is 65.7 Å². The summed E-state index contributed by atoms with van der Waals surface area (Å²) >= 11 is 0. The predicted molar refractivity (Wildman–Crippen MR) is 109 cm³/mol. The van der Waals surface area contributed by atoms with Crippen molar-refractivity contribution in [2.45, 2.75) is 51.7 Å². The van der Waals surface area contributed by atoms with Gasteiger partial charge < -0.3 is 14.2 Å². The lowest BCUT2D eigenvalue weighted by Crippen LogP contribution is -2.31. The molecule has 1 aliphatic rings. The molecule has 2 aromatic carbocycles. The number of benzene rings is 2. The molecular formula is C24H28O5. The van der Waals surface area contributed by atoms with Crippen molar-refractivity contribution in [3.63, 3.8) is 0 Å². The maximum Gasteiger partial charge on any atom is 0.317 e. The van der Waals surface area contributed by atoms with Gasteiger partial charge in [0.15, 0.2) is 0 Å². The molecule has 2 atom stereocenters. The van der Waals surface area contributed by atoms with Gasteiger partial charge in [-0.1, -0.05) is 42.5 Å². The van der Waals surface area contributed by atoms with Gasteiger partial charge in [-0.3, -0.25) is 9.59 Å². The third-order valence-electron chi connectivity index (χ3n) is 4.91. The second kappa shape index (κ2) is 8.27. The highest BCUT2D eigenvalue weighted by atomic mass is 16.6. The molecule has 1 saturated carbocycles. The smallest absolute Gasteiger partial charge is 0.317 e. The molecule has 2 aromatic rings. The van der Waals surface area contributed by atoms with Gasteiger partial charge in [-0.05, 0) is 57.4 Å². The summed E-state index contributed by atoms with van der Waals surface area (Å²) in [4.78, 5) is 25.3. The van der Waals surface area contributed by atoms with Gasteiger partial charge in [-0.25, -0.2) is 0 Å². The van der Waals surface area contributed by atoms with E-state index in [1.54, 1.807) is 6.92 Å². The lowest BCUT2D eigenvalue weighted by molar-refractivity contribution is -0.160. The van der Waals surface area contributed by atoms with E-state index in [-0.39, 0.29) is 18.5 Å². The number of ether oxygens (including phenoxy) is 3. The zero-order chi connectivity index (χ0) is 21.1. The van der Waals surface area contributed by atoms with Crippen LogP contribution in [0.5, 0.6) is 5.75 Å². The van der Waals surface area contributed by atoms with Crippen LogP contribution >= 0.6 is 0 Å². The highest BCUT2D eigenvalue weighted by Gasteiger charge is 2.67. The van der Waals surface area contributed by atoms with Crippen LogP contribution in [-0.4, -0.2) is 24.1 Å². The fourth-order valence-corrected chi connectivity index (χ4v) is 3.43. The third kappa shape index (κ3) is 4.78. The molecule has 1 fully saturated rings. The van der Waals surface area contributed by atoms with Crippen LogP contribution in [0.3, 0.4) is 0 Å². The molecule has 0 aliphatic heterocycles. The summed E-state index contributed by atoms with van der Waals surface area (Å²) in [5, 5.41) is 0. The molecule has 154 valence electrons. The first kappa shape index (κ1) is 20.9. The third-order valence-corrected chi connectivity index (χ3v) is 4.91. The van der Waals surface area contributed by atoms with E-state index in [1.165, 1.54) is 0 Å². The number of hydrogen-bond acceptors (Lipinski definition) is 5. The molecule has 1 aliphatic carbocycles. The Hall–Kier alpha value is -2.82. The van der Waals surface area contributed by atoms with E-state index >= 15 is 0 Å². The number of carbonyl (C=O) groups is 2. The fourth-order valence-electron chi connectivity index (χ4n) is 3.43. The first-order valence-corrected chi connectivity index (χ1v) is 9.93. The Labute approximate surface area is 172 Å². The van der Waals surface area contributed by atoms with E-state index in [4.69, 9.17) is 14.2 Å².